The highest BCUT2D eigenvalue weighted by Crippen LogP contribution is 2.28. The number of hydrogen-bond acceptors (Lipinski definition) is 2. The van der Waals surface area contributed by atoms with Gasteiger partial charge in [-0.25, -0.2) is 0 Å². The second-order valence-corrected chi connectivity index (χ2v) is 7.00. The Hall–Kier alpha value is -0.0600. The fraction of sp³-hybridized carbons (Fsp3) is 0.533. The molecule has 0 amide bonds. The van der Waals surface area contributed by atoms with E-state index in [1.165, 1.54) is 0 Å². The summed E-state index contributed by atoms with van der Waals surface area (Å²) in [7, 11) is 0. The summed E-state index contributed by atoms with van der Waals surface area (Å²) in [5.74, 6) is 0.202. The van der Waals surface area contributed by atoms with E-state index in [4.69, 9.17) is 41.2 Å². The van der Waals surface area contributed by atoms with Gasteiger partial charge in [0.25, 0.3) is 0 Å². The van der Waals surface area contributed by atoms with Crippen molar-refractivity contribution in [1.29, 1.82) is 0 Å². The van der Waals surface area contributed by atoms with Gasteiger partial charge in [-0.05, 0) is 38.0 Å². The van der Waals surface area contributed by atoms with Crippen molar-refractivity contribution in [3.63, 3.8) is 0 Å². The zero-order valence-corrected chi connectivity index (χ0v) is 15.7. The maximum atomic E-state index is 6.10. The molecule has 21 heavy (non-hydrogen) atoms. The van der Waals surface area contributed by atoms with E-state index < -0.39 is 0 Å². The molecule has 3 N–H and O–H groups in total. The van der Waals surface area contributed by atoms with Crippen LogP contribution in [0.2, 0.25) is 10.0 Å². The molecule has 1 atom stereocenters. The summed E-state index contributed by atoms with van der Waals surface area (Å²) in [5, 5.41) is 4.68. The minimum absolute atomic E-state index is 0. The number of hydrogen-bond donors (Lipinski definition) is 2. The summed E-state index contributed by atoms with van der Waals surface area (Å²) in [5.41, 5.74) is 6.91. The van der Waals surface area contributed by atoms with E-state index in [0.717, 1.165) is 18.5 Å². The molecule has 1 rings (SSSR count). The maximum Gasteiger partial charge on any atom is 0.0733 e. The maximum absolute atomic E-state index is 6.10. The number of nitrogens with two attached hydrogens (primary N) is 1. The van der Waals surface area contributed by atoms with Gasteiger partial charge in [-0.1, -0.05) is 48.4 Å². The topological polar surface area (TPSA) is 38.0 Å². The lowest BCUT2D eigenvalue weighted by molar-refractivity contribution is 0.364. The molecule has 1 unspecified atom stereocenters. The van der Waals surface area contributed by atoms with Crippen LogP contribution in [0.4, 0.5) is 0 Å². The predicted molar refractivity (Wildman–Crippen MR) is 100 cm³/mol. The van der Waals surface area contributed by atoms with Crippen LogP contribution in [0.1, 0.15) is 45.1 Å². The Bertz CT molecular complexity index is 478. The molecule has 0 aliphatic rings. The van der Waals surface area contributed by atoms with Crippen LogP contribution in [0, 0.1) is 0 Å². The summed E-state index contributed by atoms with van der Waals surface area (Å²) in [6.07, 6.45) is 1.70. The minimum atomic E-state index is 0. The molecule has 6 heteroatoms. The lowest BCUT2D eigenvalue weighted by Crippen LogP contribution is -2.41. The van der Waals surface area contributed by atoms with Gasteiger partial charge in [0.15, 0.2) is 0 Å². The molecule has 0 bridgehead atoms. The Balaban J connectivity index is 0.00000400. The SMILES string of the molecule is CCC(C)(C)NCC(CC(N)=S)c1ccc(Cl)c(Cl)c1.Cl. The van der Waals surface area contributed by atoms with Crippen molar-refractivity contribution in [2.45, 2.75) is 45.1 Å². The molecule has 0 spiro atoms. The molecule has 0 aliphatic carbocycles. The fourth-order valence-corrected chi connectivity index (χ4v) is 2.35. The van der Waals surface area contributed by atoms with E-state index in [1.807, 2.05) is 18.2 Å². The molecule has 1 aromatic rings. The van der Waals surface area contributed by atoms with Crippen molar-refractivity contribution in [2.24, 2.45) is 5.73 Å². The lowest BCUT2D eigenvalue weighted by Gasteiger charge is -2.28. The minimum Gasteiger partial charge on any atom is -0.393 e. The smallest absolute Gasteiger partial charge is 0.0733 e. The summed E-state index contributed by atoms with van der Waals surface area (Å²) in [4.78, 5) is 0.511. The first kappa shape index (κ1) is 20.9. The second kappa shape index (κ2) is 9.16. The molecule has 0 saturated heterocycles. The molecule has 0 radical (unpaired) electrons. The molecular weight excluding hydrogens is 347 g/mol. The average molecular weight is 370 g/mol. The van der Waals surface area contributed by atoms with E-state index in [-0.39, 0.29) is 23.9 Å². The van der Waals surface area contributed by atoms with Crippen molar-refractivity contribution < 1.29 is 0 Å². The zero-order chi connectivity index (χ0) is 15.3. The summed E-state index contributed by atoms with van der Waals surface area (Å²) >= 11 is 17.1. The Labute approximate surface area is 149 Å². The van der Waals surface area contributed by atoms with Gasteiger partial charge in [-0.3, -0.25) is 0 Å². The van der Waals surface area contributed by atoms with Crippen LogP contribution in [-0.4, -0.2) is 17.1 Å². The van der Waals surface area contributed by atoms with E-state index >= 15 is 0 Å². The van der Waals surface area contributed by atoms with Crippen LogP contribution in [0.25, 0.3) is 0 Å². The highest BCUT2D eigenvalue weighted by atomic mass is 35.5. The Morgan fingerprint density at radius 1 is 1.33 bits per heavy atom. The van der Waals surface area contributed by atoms with Crippen LogP contribution in [0.5, 0.6) is 0 Å². The van der Waals surface area contributed by atoms with Crippen molar-refractivity contribution in [3.05, 3.63) is 33.8 Å². The van der Waals surface area contributed by atoms with Gasteiger partial charge in [0.2, 0.25) is 0 Å². The molecule has 0 fully saturated rings. The van der Waals surface area contributed by atoms with E-state index in [2.05, 4.69) is 26.1 Å². The van der Waals surface area contributed by atoms with Gasteiger partial charge in [-0.15, -0.1) is 12.4 Å². The van der Waals surface area contributed by atoms with Crippen molar-refractivity contribution in [1.82, 2.24) is 5.32 Å². The standard InChI is InChI=1S/C15H22Cl2N2S.ClH/c1-4-15(2,3)19-9-11(8-14(18)20)10-5-6-12(16)13(17)7-10;/h5-7,11,19H,4,8-9H2,1-3H3,(H2,18,20);1H. The quantitative estimate of drug-likeness (QED) is 0.668. The third-order valence-corrected chi connectivity index (χ3v) is 4.48. The first-order valence-corrected chi connectivity index (χ1v) is 7.90. The number of rotatable bonds is 7. The first-order valence-electron chi connectivity index (χ1n) is 6.73. The van der Waals surface area contributed by atoms with Crippen LogP contribution < -0.4 is 11.1 Å². The third-order valence-electron chi connectivity index (χ3n) is 3.57. The van der Waals surface area contributed by atoms with E-state index in [0.29, 0.717) is 21.5 Å². The van der Waals surface area contributed by atoms with E-state index in [9.17, 15) is 0 Å². The molecule has 0 aliphatic heterocycles. The van der Waals surface area contributed by atoms with Crippen LogP contribution >= 0.6 is 47.8 Å². The fourth-order valence-electron chi connectivity index (χ4n) is 1.84. The van der Waals surface area contributed by atoms with Gasteiger partial charge in [0.05, 0.1) is 15.0 Å². The van der Waals surface area contributed by atoms with Gasteiger partial charge >= 0.3 is 0 Å². The molecule has 0 aromatic heterocycles. The monoisotopic (exact) mass is 368 g/mol. The van der Waals surface area contributed by atoms with Gasteiger partial charge in [0.1, 0.15) is 0 Å². The number of halogens is 3. The van der Waals surface area contributed by atoms with Crippen LogP contribution in [0.3, 0.4) is 0 Å². The molecular formula is C15H23Cl3N2S. The number of nitrogens with one attached hydrogen (secondary N) is 1. The Morgan fingerprint density at radius 3 is 2.43 bits per heavy atom. The lowest BCUT2D eigenvalue weighted by atomic mass is 9.93. The molecule has 120 valence electrons. The largest absolute Gasteiger partial charge is 0.393 e. The summed E-state index contributed by atoms with van der Waals surface area (Å²) < 4.78 is 0. The van der Waals surface area contributed by atoms with Crippen LogP contribution in [0.15, 0.2) is 18.2 Å². The summed E-state index contributed by atoms with van der Waals surface area (Å²) in [6.45, 7) is 7.32. The summed E-state index contributed by atoms with van der Waals surface area (Å²) in [6, 6.07) is 5.70. The molecule has 2 nitrogen and oxygen atoms in total. The second-order valence-electron chi connectivity index (χ2n) is 5.66. The first-order chi connectivity index (χ1) is 9.25. The molecule has 0 heterocycles. The van der Waals surface area contributed by atoms with Crippen molar-refractivity contribution in [3.8, 4) is 0 Å². The molecule has 0 saturated carbocycles. The third kappa shape index (κ3) is 7.16. The van der Waals surface area contributed by atoms with Gasteiger partial charge < -0.3 is 11.1 Å². The highest BCUT2D eigenvalue weighted by molar-refractivity contribution is 7.80. The van der Waals surface area contributed by atoms with Gasteiger partial charge in [-0.2, -0.15) is 0 Å². The number of benzene rings is 1. The Morgan fingerprint density at radius 2 is 1.95 bits per heavy atom. The average Bonchev–Trinajstić information content (AvgIpc) is 2.37. The number of thiocarbonyl (C=S) groups is 1. The highest BCUT2D eigenvalue weighted by Gasteiger charge is 2.19. The van der Waals surface area contributed by atoms with E-state index in [1.54, 1.807) is 0 Å². The van der Waals surface area contributed by atoms with Crippen molar-refractivity contribution in [2.75, 3.05) is 6.54 Å². The van der Waals surface area contributed by atoms with Crippen molar-refractivity contribution >= 4 is 52.8 Å². The molecule has 1 aromatic carbocycles. The zero-order valence-electron chi connectivity index (χ0n) is 12.6. The predicted octanol–water partition coefficient (Wildman–Crippen LogP) is 4.95. The Kier molecular flexibility index (Phi) is 9.14. The van der Waals surface area contributed by atoms with Gasteiger partial charge in [0, 0.05) is 24.4 Å². The van der Waals surface area contributed by atoms with Crippen LogP contribution in [-0.2, 0) is 0 Å². The normalized spacial score (nSPS) is 12.6.